The van der Waals surface area contributed by atoms with E-state index in [1.165, 1.54) is 40.4 Å². The first kappa shape index (κ1) is 25.8. The van der Waals surface area contributed by atoms with Crippen LogP contribution >= 0.6 is 0 Å². The Labute approximate surface area is 189 Å². The SMILES string of the molecule is COc1cc(OC)nc(NC(=O)NS(=O)(=O)Cc2c(C(=O)O)cccc2S(=O)(=O)N(C)C)n1. The van der Waals surface area contributed by atoms with E-state index in [1.807, 2.05) is 0 Å². The summed E-state index contributed by atoms with van der Waals surface area (Å²) in [5, 5.41) is 11.5. The van der Waals surface area contributed by atoms with E-state index in [2.05, 4.69) is 15.3 Å². The highest BCUT2D eigenvalue weighted by Gasteiger charge is 2.29. The molecule has 16 heteroatoms. The Morgan fingerprint density at radius 2 is 1.64 bits per heavy atom. The second-order valence-electron chi connectivity index (χ2n) is 6.47. The minimum absolute atomic E-state index is 0.0222. The number of carboxylic acids is 1. The number of nitrogens with zero attached hydrogens (tertiary/aromatic N) is 3. The number of hydrogen-bond donors (Lipinski definition) is 3. The van der Waals surface area contributed by atoms with Crippen LogP contribution in [0.2, 0.25) is 0 Å². The Kier molecular flexibility index (Phi) is 7.78. The van der Waals surface area contributed by atoms with Gasteiger partial charge in [-0.05, 0) is 12.1 Å². The molecule has 1 aromatic heterocycles. The first-order valence-electron chi connectivity index (χ1n) is 8.87. The third kappa shape index (κ3) is 6.27. The molecule has 2 rings (SSSR count). The Hall–Kier alpha value is -3.50. The van der Waals surface area contributed by atoms with Gasteiger partial charge in [-0.25, -0.2) is 35.5 Å². The molecule has 33 heavy (non-hydrogen) atoms. The molecule has 3 N–H and O–H groups in total. The van der Waals surface area contributed by atoms with E-state index in [1.54, 1.807) is 4.72 Å². The number of aromatic carboxylic acids is 1. The molecule has 180 valence electrons. The molecular formula is C17H21N5O9S2. The number of benzene rings is 1. The number of aromatic nitrogens is 2. The molecule has 0 bridgehead atoms. The first-order valence-corrected chi connectivity index (χ1v) is 12.0. The maximum atomic E-state index is 12.6. The lowest BCUT2D eigenvalue weighted by molar-refractivity contribution is 0.0695. The molecule has 0 radical (unpaired) electrons. The first-order chi connectivity index (χ1) is 15.3. The van der Waals surface area contributed by atoms with Crippen molar-refractivity contribution in [1.29, 1.82) is 0 Å². The number of urea groups is 1. The van der Waals surface area contributed by atoms with Gasteiger partial charge in [0.25, 0.3) is 0 Å². The van der Waals surface area contributed by atoms with E-state index in [-0.39, 0.29) is 17.7 Å². The van der Waals surface area contributed by atoms with Crippen LogP contribution in [-0.4, -0.2) is 76.5 Å². The second-order valence-corrected chi connectivity index (χ2v) is 10.3. The number of carboxylic acid groups (broad SMARTS) is 1. The summed E-state index contributed by atoms with van der Waals surface area (Å²) in [6, 6.07) is 3.33. The normalized spacial score (nSPS) is 11.7. The number of carbonyl (C=O) groups is 2. The number of rotatable bonds is 9. The fourth-order valence-corrected chi connectivity index (χ4v) is 4.84. The minimum Gasteiger partial charge on any atom is -0.481 e. The van der Waals surface area contributed by atoms with E-state index in [9.17, 15) is 31.5 Å². The van der Waals surface area contributed by atoms with Crippen molar-refractivity contribution in [1.82, 2.24) is 19.0 Å². The smallest absolute Gasteiger partial charge is 0.336 e. The number of sulfonamides is 2. The number of amides is 2. The second kappa shape index (κ2) is 9.97. The topological polar surface area (TPSA) is 194 Å². The van der Waals surface area contributed by atoms with Crippen LogP contribution in [0.15, 0.2) is 29.2 Å². The van der Waals surface area contributed by atoms with Crippen LogP contribution in [0.25, 0.3) is 0 Å². The molecule has 0 saturated heterocycles. The van der Waals surface area contributed by atoms with Crippen LogP contribution < -0.4 is 19.5 Å². The van der Waals surface area contributed by atoms with Crippen LogP contribution in [0.3, 0.4) is 0 Å². The zero-order chi connectivity index (χ0) is 25.0. The average Bonchev–Trinajstić information content (AvgIpc) is 2.72. The van der Waals surface area contributed by atoms with Crippen molar-refractivity contribution in [2.45, 2.75) is 10.6 Å². The molecule has 2 amide bonds. The molecule has 1 heterocycles. The number of anilines is 1. The van der Waals surface area contributed by atoms with Gasteiger partial charge < -0.3 is 14.6 Å². The number of nitrogens with one attached hydrogen (secondary N) is 2. The Morgan fingerprint density at radius 1 is 1.06 bits per heavy atom. The van der Waals surface area contributed by atoms with Crippen LogP contribution in [0.1, 0.15) is 15.9 Å². The average molecular weight is 504 g/mol. The number of hydrogen-bond acceptors (Lipinski definition) is 10. The summed E-state index contributed by atoms with van der Waals surface area (Å²) in [4.78, 5) is 30.9. The molecule has 2 aromatic rings. The van der Waals surface area contributed by atoms with Crippen LogP contribution in [0, 0.1) is 0 Å². The maximum Gasteiger partial charge on any atom is 0.336 e. The third-order valence-electron chi connectivity index (χ3n) is 4.03. The molecule has 0 aliphatic carbocycles. The fourth-order valence-electron chi connectivity index (χ4n) is 2.52. The minimum atomic E-state index is -4.58. The van der Waals surface area contributed by atoms with Gasteiger partial charge in [-0.2, -0.15) is 9.97 Å². The molecule has 0 fully saturated rings. The summed E-state index contributed by atoms with van der Waals surface area (Å²) in [6.45, 7) is 0. The highest BCUT2D eigenvalue weighted by atomic mass is 32.2. The quantitative estimate of drug-likeness (QED) is 0.420. The molecule has 0 atom stereocenters. The Bertz CT molecular complexity index is 1260. The zero-order valence-corrected chi connectivity index (χ0v) is 19.5. The molecule has 0 unspecified atom stereocenters. The monoisotopic (exact) mass is 503 g/mol. The predicted molar refractivity (Wildman–Crippen MR) is 114 cm³/mol. The lowest BCUT2D eigenvalue weighted by Crippen LogP contribution is -2.36. The van der Waals surface area contributed by atoms with Gasteiger partial charge in [0, 0.05) is 19.7 Å². The lowest BCUT2D eigenvalue weighted by atomic mass is 10.1. The molecule has 14 nitrogen and oxygen atoms in total. The number of ether oxygens (including phenoxy) is 2. The number of carbonyl (C=O) groups excluding carboxylic acids is 1. The van der Waals surface area contributed by atoms with Crippen molar-refractivity contribution in [3.05, 3.63) is 35.4 Å². The van der Waals surface area contributed by atoms with Gasteiger partial charge in [-0.15, -0.1) is 0 Å². The lowest BCUT2D eigenvalue weighted by Gasteiger charge is -2.17. The highest BCUT2D eigenvalue weighted by molar-refractivity contribution is 7.90. The van der Waals surface area contributed by atoms with Crippen molar-refractivity contribution in [3.8, 4) is 11.8 Å². The molecule has 0 spiro atoms. The summed E-state index contributed by atoms with van der Waals surface area (Å²) in [5.74, 6) is -2.96. The van der Waals surface area contributed by atoms with Gasteiger partial charge in [0.05, 0.1) is 36.5 Å². The highest BCUT2D eigenvalue weighted by Crippen LogP contribution is 2.24. The number of methoxy groups -OCH3 is 2. The summed E-state index contributed by atoms with van der Waals surface area (Å²) in [7, 11) is -3.77. The van der Waals surface area contributed by atoms with Gasteiger partial charge in [0.1, 0.15) is 0 Å². The van der Waals surface area contributed by atoms with Gasteiger partial charge in [-0.1, -0.05) is 6.07 Å². The van der Waals surface area contributed by atoms with Gasteiger partial charge in [0.2, 0.25) is 37.8 Å². The van der Waals surface area contributed by atoms with Crippen molar-refractivity contribution in [2.24, 2.45) is 0 Å². The van der Waals surface area contributed by atoms with Crippen molar-refractivity contribution >= 4 is 38.0 Å². The summed E-state index contributed by atoms with van der Waals surface area (Å²) in [6.07, 6.45) is 0. The third-order valence-corrected chi connectivity index (χ3v) is 7.09. The standard InChI is InChI=1S/C17H21N5O9S2/c1-22(2)33(28,29)12-7-5-6-10(15(23)24)11(12)9-32(26,27)21-17(25)20-16-18-13(30-3)8-14(19-16)31-4/h5-8H,9H2,1-4H3,(H,23,24)(H2,18,19,20,21,25). The fraction of sp³-hybridized carbons (Fsp3) is 0.294. The Balaban J connectivity index is 2.36. The zero-order valence-electron chi connectivity index (χ0n) is 17.9. The summed E-state index contributed by atoms with van der Waals surface area (Å²) in [5.41, 5.74) is -1.07. The van der Waals surface area contributed by atoms with Gasteiger partial charge >= 0.3 is 12.0 Å². The van der Waals surface area contributed by atoms with Crippen LogP contribution in [0.4, 0.5) is 10.7 Å². The predicted octanol–water partition coefficient (Wildman–Crippen LogP) is 0.0938. The molecule has 0 saturated carbocycles. The molecular weight excluding hydrogens is 482 g/mol. The maximum absolute atomic E-state index is 12.6. The van der Waals surface area contributed by atoms with Crippen LogP contribution in [0.5, 0.6) is 11.8 Å². The summed E-state index contributed by atoms with van der Waals surface area (Å²) >= 11 is 0. The van der Waals surface area contributed by atoms with E-state index in [4.69, 9.17) is 9.47 Å². The molecule has 0 aliphatic heterocycles. The van der Waals surface area contributed by atoms with Crippen molar-refractivity contribution in [3.63, 3.8) is 0 Å². The van der Waals surface area contributed by atoms with Crippen molar-refractivity contribution in [2.75, 3.05) is 33.6 Å². The van der Waals surface area contributed by atoms with Gasteiger partial charge in [-0.3, -0.25) is 5.32 Å². The molecule has 1 aromatic carbocycles. The van der Waals surface area contributed by atoms with Crippen molar-refractivity contribution < 1.29 is 41.0 Å². The van der Waals surface area contributed by atoms with Crippen LogP contribution in [-0.2, 0) is 25.8 Å². The van der Waals surface area contributed by atoms with E-state index >= 15 is 0 Å². The van der Waals surface area contributed by atoms with E-state index < -0.39 is 53.8 Å². The van der Waals surface area contributed by atoms with Gasteiger partial charge in [0.15, 0.2) is 0 Å². The molecule has 0 aliphatic rings. The largest absolute Gasteiger partial charge is 0.481 e. The Morgan fingerprint density at radius 3 is 2.12 bits per heavy atom. The van der Waals surface area contributed by atoms with E-state index in [0.717, 1.165) is 16.4 Å². The van der Waals surface area contributed by atoms with E-state index in [0.29, 0.717) is 0 Å². The summed E-state index contributed by atoms with van der Waals surface area (Å²) < 4.78 is 62.7.